The van der Waals surface area contributed by atoms with Gasteiger partial charge in [-0.3, -0.25) is 4.79 Å². The molecule has 0 unspecified atom stereocenters. The van der Waals surface area contributed by atoms with E-state index in [9.17, 15) is 9.59 Å². The highest BCUT2D eigenvalue weighted by molar-refractivity contribution is 5.94. The summed E-state index contributed by atoms with van der Waals surface area (Å²) in [5.41, 5.74) is 3.27. The molecule has 0 aliphatic heterocycles. The Bertz CT molecular complexity index is 794. The van der Waals surface area contributed by atoms with E-state index in [2.05, 4.69) is 25.2 Å². The van der Waals surface area contributed by atoms with E-state index in [1.807, 2.05) is 42.5 Å². The normalized spacial score (nSPS) is 12.3. The van der Waals surface area contributed by atoms with Crippen LogP contribution in [0.1, 0.15) is 71.9 Å². The van der Waals surface area contributed by atoms with Crippen LogP contribution in [0.5, 0.6) is 0 Å². The first-order chi connectivity index (χ1) is 13.6. The van der Waals surface area contributed by atoms with Crippen molar-refractivity contribution in [3.05, 3.63) is 82.9 Å². The van der Waals surface area contributed by atoms with E-state index in [-0.39, 0.29) is 17.9 Å². The fourth-order valence-electron chi connectivity index (χ4n) is 3.11. The second-order valence-corrected chi connectivity index (χ2v) is 6.70. The molecule has 4 heteroatoms. The van der Waals surface area contributed by atoms with Gasteiger partial charge in [0.2, 0.25) is 0 Å². The maximum Gasteiger partial charge on any atom is 0.337 e. The molecule has 0 saturated heterocycles. The average Bonchev–Trinajstić information content (AvgIpc) is 2.75. The molecule has 0 heterocycles. The lowest BCUT2D eigenvalue weighted by Gasteiger charge is -2.23. The number of nitrogens with one attached hydrogen (secondary N) is 1. The van der Waals surface area contributed by atoms with Crippen LogP contribution in [0.15, 0.2) is 66.2 Å². The number of carbonyl (C=O) groups excluding carboxylic acids is 2. The Balaban J connectivity index is 2.37. The minimum Gasteiger partial charge on any atom is -0.465 e. The Hall–Kier alpha value is -2.88. The Morgan fingerprint density at radius 1 is 0.964 bits per heavy atom. The molecule has 148 valence electrons. The summed E-state index contributed by atoms with van der Waals surface area (Å²) < 4.78 is 4.78. The molecule has 4 nitrogen and oxygen atoms in total. The standard InChI is InChI=1S/C24H29NO3/c1-4-6-11-18(10-5-2)22(25-23(26)20-12-8-7-9-13-20)19-14-16-21(17-15-19)24(27)28-3/h7-9,11-17,22H,4-6,10H2,1-3H3,(H,25,26)/t22-/m1/s1. The van der Waals surface area contributed by atoms with Crippen LogP contribution >= 0.6 is 0 Å². The summed E-state index contributed by atoms with van der Waals surface area (Å²) in [6.07, 6.45) is 6.14. The number of ether oxygens (including phenoxy) is 1. The molecule has 0 fully saturated rings. The fraction of sp³-hybridized carbons (Fsp3) is 0.333. The highest BCUT2D eigenvalue weighted by Gasteiger charge is 2.20. The third-order valence-electron chi connectivity index (χ3n) is 4.58. The van der Waals surface area contributed by atoms with Gasteiger partial charge in [0.15, 0.2) is 0 Å². The van der Waals surface area contributed by atoms with Gasteiger partial charge in [-0.15, -0.1) is 0 Å². The molecule has 2 rings (SSSR count). The highest BCUT2D eigenvalue weighted by Crippen LogP contribution is 2.27. The first-order valence-electron chi connectivity index (χ1n) is 9.83. The van der Waals surface area contributed by atoms with Crippen molar-refractivity contribution >= 4 is 11.9 Å². The summed E-state index contributed by atoms with van der Waals surface area (Å²) in [5.74, 6) is -0.479. The summed E-state index contributed by atoms with van der Waals surface area (Å²) in [6.45, 7) is 4.28. The number of hydrogen-bond donors (Lipinski definition) is 1. The third kappa shape index (κ3) is 5.81. The molecule has 2 aromatic carbocycles. The molecule has 0 bridgehead atoms. The smallest absolute Gasteiger partial charge is 0.337 e. The zero-order valence-corrected chi connectivity index (χ0v) is 16.9. The molecule has 0 aromatic heterocycles. The summed E-state index contributed by atoms with van der Waals surface area (Å²) >= 11 is 0. The minimum absolute atomic E-state index is 0.110. The summed E-state index contributed by atoms with van der Waals surface area (Å²) in [5, 5.41) is 3.18. The van der Waals surface area contributed by atoms with Crippen LogP contribution in [0.3, 0.4) is 0 Å². The van der Waals surface area contributed by atoms with Gasteiger partial charge in [0, 0.05) is 5.56 Å². The zero-order chi connectivity index (χ0) is 20.4. The first kappa shape index (κ1) is 21.4. The summed E-state index contributed by atoms with van der Waals surface area (Å²) in [6, 6.07) is 16.2. The van der Waals surface area contributed by atoms with Crippen molar-refractivity contribution in [2.24, 2.45) is 0 Å². The van der Waals surface area contributed by atoms with Gasteiger partial charge in [-0.05, 0) is 48.2 Å². The highest BCUT2D eigenvalue weighted by atomic mass is 16.5. The second kappa shape index (κ2) is 11.1. The number of esters is 1. The summed E-state index contributed by atoms with van der Waals surface area (Å²) in [4.78, 5) is 24.6. The topological polar surface area (TPSA) is 55.4 Å². The molecule has 2 aromatic rings. The van der Waals surface area contributed by atoms with Gasteiger partial charge in [-0.2, -0.15) is 0 Å². The molecule has 0 spiro atoms. The molecule has 1 atom stereocenters. The maximum absolute atomic E-state index is 12.8. The van der Waals surface area contributed by atoms with Gasteiger partial charge in [0.1, 0.15) is 0 Å². The molecule has 0 aliphatic rings. The quantitative estimate of drug-likeness (QED) is 0.464. The molecule has 28 heavy (non-hydrogen) atoms. The number of carbonyl (C=O) groups is 2. The van der Waals surface area contributed by atoms with Crippen molar-refractivity contribution in [2.75, 3.05) is 7.11 Å². The number of unbranched alkanes of at least 4 members (excludes halogenated alkanes) is 1. The first-order valence-corrected chi connectivity index (χ1v) is 9.83. The SMILES string of the molecule is CCCC=C(CCC)[C@@H](NC(=O)c1ccccc1)c1ccc(C(=O)OC)cc1. The van der Waals surface area contributed by atoms with Gasteiger partial charge < -0.3 is 10.1 Å². The van der Waals surface area contributed by atoms with Crippen molar-refractivity contribution in [1.82, 2.24) is 5.32 Å². The number of hydrogen-bond acceptors (Lipinski definition) is 3. The van der Waals surface area contributed by atoms with Crippen molar-refractivity contribution in [3.8, 4) is 0 Å². The van der Waals surface area contributed by atoms with Crippen molar-refractivity contribution < 1.29 is 14.3 Å². The predicted molar refractivity (Wildman–Crippen MR) is 112 cm³/mol. The molecule has 1 N–H and O–H groups in total. The lowest BCUT2D eigenvalue weighted by molar-refractivity contribution is 0.0600. The van der Waals surface area contributed by atoms with Gasteiger partial charge >= 0.3 is 5.97 Å². The van der Waals surface area contributed by atoms with Crippen LogP contribution in [0.25, 0.3) is 0 Å². The van der Waals surface area contributed by atoms with Crippen LogP contribution in [-0.4, -0.2) is 19.0 Å². The number of methoxy groups -OCH3 is 1. The largest absolute Gasteiger partial charge is 0.465 e. The number of amides is 1. The monoisotopic (exact) mass is 379 g/mol. The van der Waals surface area contributed by atoms with E-state index in [1.54, 1.807) is 12.1 Å². The van der Waals surface area contributed by atoms with Gasteiger partial charge in [0.25, 0.3) is 5.91 Å². The predicted octanol–water partition coefficient (Wildman–Crippen LogP) is 5.47. The fourth-order valence-corrected chi connectivity index (χ4v) is 3.11. The zero-order valence-electron chi connectivity index (χ0n) is 16.9. The molecular weight excluding hydrogens is 350 g/mol. The van der Waals surface area contributed by atoms with Gasteiger partial charge in [-0.1, -0.05) is 63.1 Å². The van der Waals surface area contributed by atoms with Crippen LogP contribution in [0, 0.1) is 0 Å². The number of allylic oxidation sites excluding steroid dienone is 1. The molecular formula is C24H29NO3. The Morgan fingerprint density at radius 3 is 2.21 bits per heavy atom. The molecule has 0 saturated carbocycles. The van der Waals surface area contributed by atoms with Crippen LogP contribution in [-0.2, 0) is 4.74 Å². The van der Waals surface area contributed by atoms with Crippen LogP contribution in [0.4, 0.5) is 0 Å². The van der Waals surface area contributed by atoms with E-state index in [0.29, 0.717) is 11.1 Å². The van der Waals surface area contributed by atoms with E-state index in [0.717, 1.165) is 31.2 Å². The molecule has 0 radical (unpaired) electrons. The van der Waals surface area contributed by atoms with E-state index < -0.39 is 0 Å². The lowest BCUT2D eigenvalue weighted by Crippen LogP contribution is -2.30. The Morgan fingerprint density at radius 2 is 1.64 bits per heavy atom. The molecule has 1 amide bonds. The average molecular weight is 380 g/mol. The van der Waals surface area contributed by atoms with E-state index in [1.165, 1.54) is 12.7 Å². The number of rotatable bonds is 9. The van der Waals surface area contributed by atoms with Crippen molar-refractivity contribution in [2.45, 2.75) is 45.6 Å². The van der Waals surface area contributed by atoms with Crippen molar-refractivity contribution in [1.29, 1.82) is 0 Å². The minimum atomic E-state index is -0.369. The van der Waals surface area contributed by atoms with Gasteiger partial charge in [0.05, 0.1) is 18.7 Å². The second-order valence-electron chi connectivity index (χ2n) is 6.70. The third-order valence-corrected chi connectivity index (χ3v) is 4.58. The number of benzene rings is 2. The maximum atomic E-state index is 12.8. The summed E-state index contributed by atoms with van der Waals surface area (Å²) in [7, 11) is 1.37. The molecule has 0 aliphatic carbocycles. The Kier molecular flexibility index (Phi) is 8.47. The van der Waals surface area contributed by atoms with Crippen LogP contribution < -0.4 is 5.32 Å². The Labute approximate surface area is 167 Å². The van der Waals surface area contributed by atoms with Crippen LogP contribution in [0.2, 0.25) is 0 Å². The van der Waals surface area contributed by atoms with Gasteiger partial charge in [-0.25, -0.2) is 4.79 Å². The van der Waals surface area contributed by atoms with Crippen molar-refractivity contribution in [3.63, 3.8) is 0 Å². The van der Waals surface area contributed by atoms with E-state index >= 15 is 0 Å². The van der Waals surface area contributed by atoms with E-state index in [4.69, 9.17) is 4.74 Å². The lowest BCUT2D eigenvalue weighted by atomic mass is 9.93.